The number of Topliss-reactive ketones (excluding diaryl/α,β-unsaturated/α-hetero) is 1. The Morgan fingerprint density at radius 3 is 2.81 bits per heavy atom. The van der Waals surface area contributed by atoms with Gasteiger partial charge in [0.15, 0.2) is 5.78 Å². The zero-order valence-corrected chi connectivity index (χ0v) is 9.14. The molecule has 4 heteroatoms. The molecule has 1 heterocycles. The van der Waals surface area contributed by atoms with Crippen molar-refractivity contribution in [2.24, 2.45) is 5.73 Å². The van der Waals surface area contributed by atoms with Crippen LogP contribution >= 0.6 is 0 Å². The first-order valence-electron chi connectivity index (χ1n) is 5.25. The highest BCUT2D eigenvalue weighted by Crippen LogP contribution is 2.21. The Hall–Kier alpha value is -1.68. The Balaban J connectivity index is 2.30. The molecule has 0 radical (unpaired) electrons. The lowest BCUT2D eigenvalue weighted by Gasteiger charge is -2.16. The predicted molar refractivity (Wildman–Crippen MR) is 61.4 cm³/mol. The molecule has 1 fully saturated rings. The molecule has 0 bridgehead atoms. The highest BCUT2D eigenvalue weighted by molar-refractivity contribution is 5.99. The molecule has 2 rings (SSSR count). The molecule has 1 saturated heterocycles. The van der Waals surface area contributed by atoms with Gasteiger partial charge < -0.3 is 10.6 Å². The molecule has 0 aliphatic carbocycles. The second kappa shape index (κ2) is 4.06. The van der Waals surface area contributed by atoms with Crippen molar-refractivity contribution in [3.8, 4) is 0 Å². The van der Waals surface area contributed by atoms with Gasteiger partial charge in [-0.2, -0.15) is 0 Å². The Morgan fingerprint density at radius 2 is 2.25 bits per heavy atom. The zero-order chi connectivity index (χ0) is 11.7. The lowest BCUT2D eigenvalue weighted by molar-refractivity contribution is -0.117. The van der Waals surface area contributed by atoms with E-state index in [2.05, 4.69) is 0 Å². The SMILES string of the molecule is CC(=O)c1cccc(N2CC(N)CC2=O)c1. The quantitative estimate of drug-likeness (QED) is 0.752. The van der Waals surface area contributed by atoms with E-state index < -0.39 is 0 Å². The van der Waals surface area contributed by atoms with Crippen molar-refractivity contribution in [1.82, 2.24) is 0 Å². The van der Waals surface area contributed by atoms with Gasteiger partial charge in [-0.15, -0.1) is 0 Å². The minimum absolute atomic E-state index is 0.00204. The van der Waals surface area contributed by atoms with Gasteiger partial charge in [0.1, 0.15) is 0 Å². The number of hydrogen-bond acceptors (Lipinski definition) is 3. The van der Waals surface area contributed by atoms with Crippen LogP contribution < -0.4 is 10.6 Å². The molecule has 0 spiro atoms. The number of nitrogens with zero attached hydrogens (tertiary/aromatic N) is 1. The molecule has 1 aliphatic rings. The van der Waals surface area contributed by atoms with Crippen LogP contribution in [0.15, 0.2) is 24.3 Å². The Kier molecular flexibility index (Phi) is 2.75. The van der Waals surface area contributed by atoms with Crippen molar-refractivity contribution in [2.45, 2.75) is 19.4 Å². The summed E-state index contributed by atoms with van der Waals surface area (Å²) < 4.78 is 0. The average Bonchev–Trinajstić information content (AvgIpc) is 2.58. The minimum Gasteiger partial charge on any atom is -0.326 e. The van der Waals surface area contributed by atoms with Crippen LogP contribution in [0.4, 0.5) is 5.69 Å². The standard InChI is InChI=1S/C12H14N2O2/c1-8(15)9-3-2-4-11(5-9)14-7-10(13)6-12(14)16/h2-5,10H,6-7,13H2,1H3. The Labute approximate surface area is 94.0 Å². The second-order valence-electron chi connectivity index (χ2n) is 4.08. The number of ketones is 1. The highest BCUT2D eigenvalue weighted by atomic mass is 16.2. The van der Waals surface area contributed by atoms with Gasteiger partial charge >= 0.3 is 0 Å². The molecule has 84 valence electrons. The van der Waals surface area contributed by atoms with Gasteiger partial charge in [-0.3, -0.25) is 9.59 Å². The third-order valence-corrected chi connectivity index (χ3v) is 2.72. The molecular weight excluding hydrogens is 204 g/mol. The van der Waals surface area contributed by atoms with Gasteiger partial charge in [0.2, 0.25) is 5.91 Å². The fraction of sp³-hybridized carbons (Fsp3) is 0.333. The van der Waals surface area contributed by atoms with Crippen LogP contribution in [-0.2, 0) is 4.79 Å². The first kappa shape index (κ1) is 10.8. The van der Waals surface area contributed by atoms with Gasteiger partial charge in [0.05, 0.1) is 0 Å². The summed E-state index contributed by atoms with van der Waals surface area (Å²) in [6, 6.07) is 6.98. The van der Waals surface area contributed by atoms with E-state index in [0.29, 0.717) is 18.5 Å². The van der Waals surface area contributed by atoms with Crippen LogP contribution in [0.5, 0.6) is 0 Å². The van der Waals surface area contributed by atoms with Gasteiger partial charge in [-0.25, -0.2) is 0 Å². The monoisotopic (exact) mass is 218 g/mol. The third-order valence-electron chi connectivity index (χ3n) is 2.72. The van der Waals surface area contributed by atoms with E-state index in [0.717, 1.165) is 5.69 Å². The summed E-state index contributed by atoms with van der Waals surface area (Å²) in [5.74, 6) is 0.0194. The molecule has 1 aromatic carbocycles. The third kappa shape index (κ3) is 1.97. The predicted octanol–water partition coefficient (Wildman–Crippen LogP) is 0.953. The maximum atomic E-state index is 11.6. The van der Waals surface area contributed by atoms with Crippen molar-refractivity contribution < 1.29 is 9.59 Å². The average molecular weight is 218 g/mol. The number of carbonyl (C=O) groups excluding carboxylic acids is 2. The lowest BCUT2D eigenvalue weighted by atomic mass is 10.1. The number of hydrogen-bond donors (Lipinski definition) is 1. The molecule has 1 aliphatic heterocycles. The van der Waals surface area contributed by atoms with Crippen LogP contribution in [0.1, 0.15) is 23.7 Å². The smallest absolute Gasteiger partial charge is 0.228 e. The van der Waals surface area contributed by atoms with Crippen molar-refractivity contribution in [3.05, 3.63) is 29.8 Å². The lowest BCUT2D eigenvalue weighted by Crippen LogP contribution is -2.28. The number of nitrogens with two attached hydrogens (primary N) is 1. The Bertz CT molecular complexity index is 442. The molecule has 1 unspecified atom stereocenters. The number of carbonyl (C=O) groups is 2. The van der Waals surface area contributed by atoms with Crippen LogP contribution in [0, 0.1) is 0 Å². The van der Waals surface area contributed by atoms with Gasteiger partial charge in [0.25, 0.3) is 0 Å². The van der Waals surface area contributed by atoms with Gasteiger partial charge in [0, 0.05) is 30.3 Å². The summed E-state index contributed by atoms with van der Waals surface area (Å²) in [5.41, 5.74) is 7.09. The fourth-order valence-electron chi connectivity index (χ4n) is 1.88. The molecule has 16 heavy (non-hydrogen) atoms. The summed E-state index contributed by atoms with van der Waals surface area (Å²) in [6.07, 6.45) is 0.379. The number of benzene rings is 1. The van der Waals surface area contributed by atoms with E-state index >= 15 is 0 Å². The van der Waals surface area contributed by atoms with Crippen molar-refractivity contribution in [3.63, 3.8) is 0 Å². The van der Waals surface area contributed by atoms with Crippen LogP contribution in [0.2, 0.25) is 0 Å². The summed E-state index contributed by atoms with van der Waals surface area (Å²) >= 11 is 0. The van der Waals surface area contributed by atoms with Crippen molar-refractivity contribution in [1.29, 1.82) is 0 Å². The minimum atomic E-state index is -0.103. The van der Waals surface area contributed by atoms with Crippen LogP contribution in [0.25, 0.3) is 0 Å². The van der Waals surface area contributed by atoms with Crippen LogP contribution in [0.3, 0.4) is 0 Å². The molecule has 4 nitrogen and oxygen atoms in total. The molecule has 0 aromatic heterocycles. The second-order valence-corrected chi connectivity index (χ2v) is 4.08. The zero-order valence-electron chi connectivity index (χ0n) is 9.14. The largest absolute Gasteiger partial charge is 0.326 e. The van der Waals surface area contributed by atoms with Gasteiger partial charge in [-0.05, 0) is 19.1 Å². The first-order valence-corrected chi connectivity index (χ1v) is 5.25. The van der Waals surface area contributed by atoms with E-state index in [4.69, 9.17) is 5.73 Å². The van der Waals surface area contributed by atoms with E-state index in [1.165, 1.54) is 6.92 Å². The summed E-state index contributed by atoms with van der Waals surface area (Å²) in [7, 11) is 0. The van der Waals surface area contributed by atoms with Crippen LogP contribution in [-0.4, -0.2) is 24.3 Å². The molecule has 2 N–H and O–H groups in total. The van der Waals surface area contributed by atoms with Crippen molar-refractivity contribution in [2.75, 3.05) is 11.4 Å². The maximum absolute atomic E-state index is 11.6. The number of rotatable bonds is 2. The van der Waals surface area contributed by atoms with Crippen molar-refractivity contribution >= 4 is 17.4 Å². The summed E-state index contributed by atoms with van der Waals surface area (Å²) in [4.78, 5) is 24.5. The van der Waals surface area contributed by atoms with E-state index in [1.54, 1.807) is 23.1 Å². The maximum Gasteiger partial charge on any atom is 0.228 e. The summed E-state index contributed by atoms with van der Waals surface area (Å²) in [5, 5.41) is 0. The Morgan fingerprint density at radius 1 is 1.50 bits per heavy atom. The van der Waals surface area contributed by atoms with E-state index in [-0.39, 0.29) is 17.7 Å². The topological polar surface area (TPSA) is 63.4 Å². The van der Waals surface area contributed by atoms with E-state index in [1.807, 2.05) is 6.07 Å². The number of amides is 1. The molecular formula is C12H14N2O2. The molecule has 0 saturated carbocycles. The number of anilines is 1. The van der Waals surface area contributed by atoms with Gasteiger partial charge in [-0.1, -0.05) is 12.1 Å². The first-order chi connectivity index (χ1) is 7.58. The fourth-order valence-corrected chi connectivity index (χ4v) is 1.88. The molecule has 1 amide bonds. The summed E-state index contributed by atoms with van der Waals surface area (Å²) in [6.45, 7) is 2.04. The normalized spacial score (nSPS) is 20.2. The molecule has 1 atom stereocenters. The highest BCUT2D eigenvalue weighted by Gasteiger charge is 2.28. The molecule has 1 aromatic rings. The van der Waals surface area contributed by atoms with E-state index in [9.17, 15) is 9.59 Å².